The molecule has 28 heavy (non-hydrogen) atoms. The van der Waals surface area contributed by atoms with Gasteiger partial charge in [-0.2, -0.15) is 5.10 Å². The predicted molar refractivity (Wildman–Crippen MR) is 96.8 cm³/mol. The van der Waals surface area contributed by atoms with Gasteiger partial charge in [0, 0.05) is 5.56 Å². The Morgan fingerprint density at radius 1 is 1.07 bits per heavy atom. The zero-order valence-corrected chi connectivity index (χ0v) is 14.8. The fourth-order valence-corrected chi connectivity index (χ4v) is 2.46. The molecule has 0 saturated carbocycles. The summed E-state index contributed by atoms with van der Waals surface area (Å²) in [6.45, 7) is -0.118. The lowest BCUT2D eigenvalue weighted by Crippen LogP contribution is -2.06. The Morgan fingerprint density at radius 3 is 2.54 bits per heavy atom. The maximum Gasteiger partial charge on any atom is 0.338 e. The molecule has 2 aromatic heterocycles. The number of hydrogen-bond acceptors (Lipinski definition) is 8. The van der Waals surface area contributed by atoms with Crippen molar-refractivity contribution in [1.82, 2.24) is 25.0 Å². The van der Waals surface area contributed by atoms with E-state index < -0.39 is 5.97 Å². The first-order valence-electron chi connectivity index (χ1n) is 8.32. The Hall–Kier alpha value is -4.01. The van der Waals surface area contributed by atoms with E-state index in [1.807, 2.05) is 0 Å². The van der Waals surface area contributed by atoms with Crippen LogP contribution in [-0.4, -0.2) is 38.0 Å². The molecule has 0 unspecified atom stereocenters. The summed E-state index contributed by atoms with van der Waals surface area (Å²) >= 11 is 0. The molecule has 0 aliphatic heterocycles. The molecule has 0 aliphatic rings. The number of hydrogen-bond donors (Lipinski definition) is 0. The van der Waals surface area contributed by atoms with Crippen molar-refractivity contribution >= 4 is 5.97 Å². The minimum atomic E-state index is -0.491. The predicted octanol–water partition coefficient (Wildman–Crippen LogP) is 2.68. The Labute approximate surface area is 159 Å². The van der Waals surface area contributed by atoms with Crippen LogP contribution in [-0.2, 0) is 11.3 Å². The van der Waals surface area contributed by atoms with Gasteiger partial charge in [-0.25, -0.2) is 14.5 Å². The molecule has 0 N–H and O–H groups in total. The lowest BCUT2D eigenvalue weighted by atomic mass is 10.2. The monoisotopic (exact) mass is 377 g/mol. The molecule has 2 aromatic carbocycles. The molecule has 9 nitrogen and oxygen atoms in total. The SMILES string of the molecule is COc1ccc(-c2nnc(COC(=O)c3ccc(-n4cncn4)cc3)o2)cc1. The molecule has 0 fully saturated rings. The van der Waals surface area contributed by atoms with Crippen molar-refractivity contribution in [2.45, 2.75) is 6.61 Å². The minimum absolute atomic E-state index is 0.118. The summed E-state index contributed by atoms with van der Waals surface area (Å²) in [4.78, 5) is 16.1. The second kappa shape index (κ2) is 7.70. The molecule has 140 valence electrons. The first-order valence-corrected chi connectivity index (χ1v) is 8.32. The number of carbonyl (C=O) groups excluding carboxylic acids is 1. The van der Waals surface area contributed by atoms with Crippen molar-refractivity contribution in [2.75, 3.05) is 7.11 Å². The summed E-state index contributed by atoms with van der Waals surface area (Å²) in [5.41, 5.74) is 1.93. The highest BCUT2D eigenvalue weighted by atomic mass is 16.5. The largest absolute Gasteiger partial charge is 0.497 e. The molecule has 0 atom stereocenters. The molecule has 0 spiro atoms. The van der Waals surface area contributed by atoms with Crippen LogP contribution in [0.25, 0.3) is 17.1 Å². The number of ether oxygens (including phenoxy) is 2. The molecular weight excluding hydrogens is 362 g/mol. The van der Waals surface area contributed by atoms with E-state index in [9.17, 15) is 4.79 Å². The van der Waals surface area contributed by atoms with E-state index >= 15 is 0 Å². The van der Waals surface area contributed by atoms with Gasteiger partial charge in [-0.3, -0.25) is 0 Å². The molecule has 2 heterocycles. The van der Waals surface area contributed by atoms with Crippen molar-refractivity contribution in [1.29, 1.82) is 0 Å². The average molecular weight is 377 g/mol. The smallest absolute Gasteiger partial charge is 0.338 e. The highest BCUT2D eigenvalue weighted by Crippen LogP contribution is 2.21. The zero-order chi connectivity index (χ0) is 19.3. The van der Waals surface area contributed by atoms with Gasteiger partial charge < -0.3 is 13.9 Å². The van der Waals surface area contributed by atoms with Crippen LogP contribution in [0.15, 0.2) is 65.6 Å². The van der Waals surface area contributed by atoms with Gasteiger partial charge in [-0.1, -0.05) is 0 Å². The molecule has 4 rings (SSSR count). The van der Waals surface area contributed by atoms with Gasteiger partial charge >= 0.3 is 5.97 Å². The standard InChI is InChI=1S/C19H15N5O4/c1-26-16-8-4-13(5-9-16)18-23-22-17(28-18)10-27-19(25)14-2-6-15(7-3-14)24-12-20-11-21-24/h2-9,11-12H,10H2,1H3. The van der Waals surface area contributed by atoms with Crippen LogP contribution in [0.2, 0.25) is 0 Å². The van der Waals surface area contributed by atoms with Gasteiger partial charge in [0.25, 0.3) is 5.89 Å². The maximum atomic E-state index is 12.2. The van der Waals surface area contributed by atoms with Crippen molar-refractivity contribution < 1.29 is 18.7 Å². The minimum Gasteiger partial charge on any atom is -0.497 e. The molecule has 0 amide bonds. The first-order chi connectivity index (χ1) is 13.7. The van der Waals surface area contributed by atoms with Gasteiger partial charge in [0.15, 0.2) is 6.61 Å². The lowest BCUT2D eigenvalue weighted by Gasteiger charge is -2.04. The van der Waals surface area contributed by atoms with E-state index in [0.29, 0.717) is 11.5 Å². The Morgan fingerprint density at radius 2 is 1.86 bits per heavy atom. The van der Waals surface area contributed by atoms with Crippen LogP contribution in [0.4, 0.5) is 0 Å². The molecular formula is C19H15N5O4. The molecule has 0 bridgehead atoms. The summed E-state index contributed by atoms with van der Waals surface area (Å²) in [6, 6.07) is 14.0. The van der Waals surface area contributed by atoms with Gasteiger partial charge in [0.2, 0.25) is 5.89 Å². The lowest BCUT2D eigenvalue weighted by molar-refractivity contribution is 0.0438. The normalized spacial score (nSPS) is 10.6. The number of benzene rings is 2. The molecule has 0 saturated heterocycles. The van der Waals surface area contributed by atoms with Crippen molar-refractivity contribution in [3.63, 3.8) is 0 Å². The van der Waals surface area contributed by atoms with E-state index in [2.05, 4.69) is 20.3 Å². The summed E-state index contributed by atoms with van der Waals surface area (Å²) < 4.78 is 17.5. The van der Waals surface area contributed by atoms with Crippen LogP contribution in [0, 0.1) is 0 Å². The third kappa shape index (κ3) is 3.73. The van der Waals surface area contributed by atoms with Crippen molar-refractivity contribution in [2.24, 2.45) is 0 Å². The number of rotatable bonds is 6. The second-order valence-corrected chi connectivity index (χ2v) is 5.69. The van der Waals surface area contributed by atoms with Crippen molar-refractivity contribution in [3.8, 4) is 22.9 Å². The quantitative estimate of drug-likeness (QED) is 0.472. The fraction of sp³-hybridized carbons (Fsp3) is 0.105. The number of nitrogens with zero attached hydrogens (tertiary/aromatic N) is 5. The summed E-state index contributed by atoms with van der Waals surface area (Å²) in [6.07, 6.45) is 3.01. The Bertz CT molecular complexity index is 1060. The van der Waals surface area contributed by atoms with Gasteiger partial charge in [0.1, 0.15) is 18.4 Å². The van der Waals surface area contributed by atoms with E-state index in [1.165, 1.54) is 6.33 Å². The number of esters is 1. The fourth-order valence-electron chi connectivity index (χ4n) is 2.46. The van der Waals surface area contributed by atoms with Gasteiger partial charge in [-0.15, -0.1) is 10.2 Å². The number of aromatic nitrogens is 5. The average Bonchev–Trinajstić information content (AvgIpc) is 3.44. The highest BCUT2D eigenvalue weighted by molar-refractivity contribution is 5.89. The number of methoxy groups -OCH3 is 1. The number of carbonyl (C=O) groups is 1. The highest BCUT2D eigenvalue weighted by Gasteiger charge is 2.13. The van der Waals surface area contributed by atoms with Crippen LogP contribution >= 0.6 is 0 Å². The van der Waals surface area contributed by atoms with Gasteiger partial charge in [0.05, 0.1) is 18.4 Å². The third-order valence-corrected chi connectivity index (χ3v) is 3.92. The first kappa shape index (κ1) is 17.4. The van der Waals surface area contributed by atoms with E-state index in [1.54, 1.807) is 66.6 Å². The van der Waals surface area contributed by atoms with Crippen LogP contribution < -0.4 is 4.74 Å². The Kier molecular flexibility index (Phi) is 4.79. The molecule has 4 aromatic rings. The summed E-state index contributed by atoms with van der Waals surface area (Å²) in [5.74, 6) is 0.783. The third-order valence-electron chi connectivity index (χ3n) is 3.92. The van der Waals surface area contributed by atoms with Crippen molar-refractivity contribution in [3.05, 3.63) is 72.6 Å². The molecule has 0 aliphatic carbocycles. The zero-order valence-electron chi connectivity index (χ0n) is 14.8. The topological polar surface area (TPSA) is 105 Å². The summed E-state index contributed by atoms with van der Waals surface area (Å²) in [5, 5.41) is 11.9. The van der Waals surface area contributed by atoms with Crippen LogP contribution in [0.5, 0.6) is 5.75 Å². The van der Waals surface area contributed by atoms with E-state index in [0.717, 1.165) is 17.0 Å². The second-order valence-electron chi connectivity index (χ2n) is 5.69. The van der Waals surface area contributed by atoms with Crippen LogP contribution in [0.3, 0.4) is 0 Å². The summed E-state index contributed by atoms with van der Waals surface area (Å²) in [7, 11) is 1.59. The maximum absolute atomic E-state index is 12.2. The molecule has 9 heteroatoms. The van der Waals surface area contributed by atoms with E-state index in [-0.39, 0.29) is 12.5 Å². The van der Waals surface area contributed by atoms with Gasteiger partial charge in [-0.05, 0) is 48.5 Å². The van der Waals surface area contributed by atoms with E-state index in [4.69, 9.17) is 13.9 Å². The van der Waals surface area contributed by atoms with Crippen LogP contribution in [0.1, 0.15) is 16.2 Å². The Balaban J connectivity index is 1.37. The molecule has 0 radical (unpaired) electrons.